The molecule has 0 N–H and O–H groups in total. The van der Waals surface area contributed by atoms with Gasteiger partial charge in [0.2, 0.25) is 0 Å². The maximum atomic E-state index is 13.9. The molecule has 2 aromatic carbocycles. The Balaban J connectivity index is 2.42. The van der Waals surface area contributed by atoms with Crippen LogP contribution in [0.1, 0.15) is 11.1 Å². The maximum absolute atomic E-state index is 13.9. The minimum Gasteiger partial charge on any atom is -0.207 e. The van der Waals surface area contributed by atoms with E-state index in [4.69, 9.17) is 23.2 Å². The maximum Gasteiger partial charge on any atom is 0.126 e. The van der Waals surface area contributed by atoms with Gasteiger partial charge in [0.1, 0.15) is 5.82 Å². The number of alkyl halides is 2. The fourth-order valence-electron chi connectivity index (χ4n) is 2.21. The van der Waals surface area contributed by atoms with Gasteiger partial charge < -0.3 is 0 Å². The first-order valence-corrected chi connectivity index (χ1v) is 8.09. The van der Waals surface area contributed by atoms with Gasteiger partial charge in [-0.05, 0) is 35.7 Å². The third-order valence-corrected chi connectivity index (χ3v) is 4.95. The summed E-state index contributed by atoms with van der Waals surface area (Å²) >= 11 is 15.8. The van der Waals surface area contributed by atoms with Crippen LogP contribution < -0.4 is 0 Å². The Morgan fingerprint density at radius 3 is 2.30 bits per heavy atom. The highest BCUT2D eigenvalue weighted by molar-refractivity contribution is 9.10. The van der Waals surface area contributed by atoms with Gasteiger partial charge in [-0.3, -0.25) is 0 Å². The standard InChI is InChI=1S/C16H14BrCl2F/c17-14-6-3-5-13(8-14)16(10-18,11-19)9-12-4-1-2-7-15(12)20/h1-8H,9-11H2. The minimum atomic E-state index is -0.477. The minimum absolute atomic E-state index is 0.220. The first kappa shape index (κ1) is 15.8. The second kappa shape index (κ2) is 6.93. The van der Waals surface area contributed by atoms with Crippen molar-refractivity contribution in [2.75, 3.05) is 11.8 Å². The van der Waals surface area contributed by atoms with E-state index in [2.05, 4.69) is 15.9 Å². The lowest BCUT2D eigenvalue weighted by atomic mass is 9.78. The third kappa shape index (κ3) is 3.36. The van der Waals surface area contributed by atoms with Crippen LogP contribution in [0.2, 0.25) is 0 Å². The van der Waals surface area contributed by atoms with E-state index in [1.54, 1.807) is 12.1 Å². The molecular weight excluding hydrogens is 362 g/mol. The van der Waals surface area contributed by atoms with Crippen molar-refractivity contribution < 1.29 is 4.39 Å². The normalized spacial score (nSPS) is 11.6. The molecule has 0 amide bonds. The van der Waals surface area contributed by atoms with E-state index in [1.807, 2.05) is 30.3 Å². The molecule has 0 heterocycles. The summed E-state index contributed by atoms with van der Waals surface area (Å²) in [7, 11) is 0. The summed E-state index contributed by atoms with van der Waals surface area (Å²) in [5.41, 5.74) is 1.17. The van der Waals surface area contributed by atoms with Gasteiger partial charge in [0.05, 0.1) is 0 Å². The molecule has 106 valence electrons. The Labute approximate surface area is 137 Å². The summed E-state index contributed by atoms with van der Waals surface area (Å²) in [6.07, 6.45) is 0.475. The lowest BCUT2D eigenvalue weighted by Crippen LogP contribution is -2.33. The molecule has 0 fully saturated rings. The van der Waals surface area contributed by atoms with Crippen LogP contribution in [0.5, 0.6) is 0 Å². The second-order valence-electron chi connectivity index (χ2n) is 4.83. The fraction of sp³-hybridized carbons (Fsp3) is 0.250. The van der Waals surface area contributed by atoms with Crippen molar-refractivity contribution in [2.24, 2.45) is 0 Å². The summed E-state index contributed by atoms with van der Waals surface area (Å²) in [5.74, 6) is 0.449. The van der Waals surface area contributed by atoms with Crippen molar-refractivity contribution in [1.29, 1.82) is 0 Å². The average Bonchev–Trinajstić information content (AvgIpc) is 2.47. The molecule has 2 aromatic rings. The SMILES string of the molecule is Fc1ccccc1CC(CCl)(CCl)c1cccc(Br)c1. The van der Waals surface area contributed by atoms with E-state index in [9.17, 15) is 4.39 Å². The van der Waals surface area contributed by atoms with Gasteiger partial charge in [0.15, 0.2) is 0 Å². The molecule has 0 nitrogen and oxygen atoms in total. The Kier molecular flexibility index (Phi) is 5.48. The van der Waals surface area contributed by atoms with Gasteiger partial charge >= 0.3 is 0 Å². The largest absolute Gasteiger partial charge is 0.207 e. The Morgan fingerprint density at radius 1 is 1.00 bits per heavy atom. The number of benzene rings is 2. The lowest BCUT2D eigenvalue weighted by molar-refractivity contribution is 0.512. The zero-order valence-corrected chi connectivity index (χ0v) is 13.8. The fourth-order valence-corrected chi connectivity index (χ4v) is 3.39. The molecule has 0 aromatic heterocycles. The van der Waals surface area contributed by atoms with Gasteiger partial charge in [-0.1, -0.05) is 46.3 Å². The molecule has 0 aliphatic rings. The van der Waals surface area contributed by atoms with E-state index in [1.165, 1.54) is 6.07 Å². The third-order valence-electron chi connectivity index (χ3n) is 3.44. The second-order valence-corrected chi connectivity index (χ2v) is 6.28. The average molecular weight is 376 g/mol. The molecule has 20 heavy (non-hydrogen) atoms. The highest BCUT2D eigenvalue weighted by Crippen LogP contribution is 2.33. The zero-order chi connectivity index (χ0) is 14.6. The van der Waals surface area contributed by atoms with E-state index >= 15 is 0 Å². The molecule has 0 aliphatic heterocycles. The Bertz CT molecular complexity index is 582. The molecule has 0 unspecified atom stereocenters. The quantitative estimate of drug-likeness (QED) is 0.601. The highest BCUT2D eigenvalue weighted by Gasteiger charge is 2.32. The van der Waals surface area contributed by atoms with Crippen LogP contribution in [0, 0.1) is 5.82 Å². The van der Waals surface area contributed by atoms with Gasteiger partial charge in [-0.25, -0.2) is 4.39 Å². The van der Waals surface area contributed by atoms with E-state index in [0.717, 1.165) is 10.0 Å². The van der Waals surface area contributed by atoms with Gasteiger partial charge in [-0.2, -0.15) is 0 Å². The first-order valence-electron chi connectivity index (χ1n) is 6.23. The number of halogens is 4. The number of hydrogen-bond acceptors (Lipinski definition) is 0. The van der Waals surface area contributed by atoms with Crippen molar-refractivity contribution in [3.8, 4) is 0 Å². The first-order chi connectivity index (χ1) is 9.61. The summed E-state index contributed by atoms with van der Waals surface area (Å²) in [5, 5.41) is 0. The Morgan fingerprint density at radius 2 is 1.70 bits per heavy atom. The summed E-state index contributed by atoms with van der Waals surface area (Å²) in [4.78, 5) is 0. The predicted octanol–water partition coefficient (Wildman–Crippen LogP) is 5.55. The van der Waals surface area contributed by atoms with Gasteiger partial charge in [-0.15, -0.1) is 23.2 Å². The van der Waals surface area contributed by atoms with Gasteiger partial charge in [0.25, 0.3) is 0 Å². The smallest absolute Gasteiger partial charge is 0.126 e. The molecule has 0 radical (unpaired) electrons. The summed E-state index contributed by atoms with van der Waals surface area (Å²) < 4.78 is 14.9. The molecule has 0 atom stereocenters. The van der Waals surface area contributed by atoms with E-state index < -0.39 is 5.41 Å². The highest BCUT2D eigenvalue weighted by atomic mass is 79.9. The molecule has 0 aliphatic carbocycles. The van der Waals surface area contributed by atoms with E-state index in [-0.39, 0.29) is 5.82 Å². The molecule has 4 heteroatoms. The molecule has 0 bridgehead atoms. The van der Waals surface area contributed by atoms with Crippen LogP contribution in [-0.4, -0.2) is 11.8 Å². The van der Waals surface area contributed by atoms with Crippen molar-refractivity contribution in [1.82, 2.24) is 0 Å². The number of rotatable bonds is 5. The van der Waals surface area contributed by atoms with Crippen molar-refractivity contribution in [2.45, 2.75) is 11.8 Å². The van der Waals surface area contributed by atoms with Crippen LogP contribution in [0.3, 0.4) is 0 Å². The van der Waals surface area contributed by atoms with Crippen LogP contribution in [0.25, 0.3) is 0 Å². The van der Waals surface area contributed by atoms with Crippen LogP contribution in [-0.2, 0) is 11.8 Å². The zero-order valence-electron chi connectivity index (χ0n) is 10.8. The van der Waals surface area contributed by atoms with Crippen molar-refractivity contribution >= 4 is 39.1 Å². The van der Waals surface area contributed by atoms with Crippen molar-refractivity contribution in [3.63, 3.8) is 0 Å². The monoisotopic (exact) mass is 374 g/mol. The lowest BCUT2D eigenvalue weighted by Gasteiger charge is -2.30. The molecule has 0 spiro atoms. The topological polar surface area (TPSA) is 0 Å². The van der Waals surface area contributed by atoms with Gasteiger partial charge in [0, 0.05) is 21.6 Å². The van der Waals surface area contributed by atoms with Crippen LogP contribution in [0.4, 0.5) is 4.39 Å². The Hall–Kier alpha value is -0.570. The van der Waals surface area contributed by atoms with E-state index in [0.29, 0.717) is 23.7 Å². The van der Waals surface area contributed by atoms with Crippen molar-refractivity contribution in [3.05, 3.63) is 69.9 Å². The number of hydrogen-bond donors (Lipinski definition) is 0. The molecular formula is C16H14BrCl2F. The molecule has 2 rings (SSSR count). The molecule has 0 saturated carbocycles. The van der Waals surface area contributed by atoms with Crippen LogP contribution in [0.15, 0.2) is 53.0 Å². The summed E-state index contributed by atoms with van der Waals surface area (Å²) in [6, 6.07) is 14.6. The molecule has 0 saturated heterocycles. The summed E-state index contributed by atoms with van der Waals surface area (Å²) in [6.45, 7) is 0. The predicted molar refractivity (Wildman–Crippen MR) is 87.4 cm³/mol. The van der Waals surface area contributed by atoms with Crippen LogP contribution >= 0.6 is 39.1 Å².